The fourth-order valence-electron chi connectivity index (χ4n) is 2.74. The van der Waals surface area contributed by atoms with Gasteiger partial charge in [-0.15, -0.1) is 0 Å². The number of rotatable bonds is 11. The average Bonchev–Trinajstić information content (AvgIpc) is 2.73. The van der Waals surface area contributed by atoms with Crippen molar-refractivity contribution in [1.29, 1.82) is 10.8 Å². The molecule has 9 nitrogen and oxygen atoms in total. The molecule has 9 heteroatoms. The van der Waals surface area contributed by atoms with Gasteiger partial charge in [0.05, 0.1) is 41.5 Å². The van der Waals surface area contributed by atoms with Crippen LogP contribution in [0.3, 0.4) is 0 Å². The third-order valence-corrected chi connectivity index (χ3v) is 4.40. The molecule has 2 rings (SSSR count). The van der Waals surface area contributed by atoms with E-state index >= 15 is 0 Å². The zero-order chi connectivity index (χ0) is 22.1. The molecular formula is C22H34N8O. The lowest BCUT2D eigenvalue weighted by Gasteiger charge is -2.22. The number of aliphatic imine (C=N–C) groups is 1. The Kier molecular flexibility index (Phi) is 10.1. The second-order valence-electron chi connectivity index (χ2n) is 6.75. The summed E-state index contributed by atoms with van der Waals surface area (Å²) in [6.45, 7) is 8.49. The van der Waals surface area contributed by atoms with Crippen LogP contribution in [0.25, 0.3) is 11.3 Å². The monoisotopic (exact) mass is 426 g/mol. The van der Waals surface area contributed by atoms with Gasteiger partial charge in [-0.1, -0.05) is 14.4 Å². The Hall–Kier alpha value is -3.49. The number of anilines is 2. The molecule has 2 aromatic heterocycles. The molecule has 0 aliphatic rings. The summed E-state index contributed by atoms with van der Waals surface area (Å²) in [6.07, 6.45) is 3.49. The van der Waals surface area contributed by atoms with Crippen LogP contribution in [0.2, 0.25) is 0 Å². The van der Waals surface area contributed by atoms with Gasteiger partial charge in [0.2, 0.25) is 5.88 Å². The minimum Gasteiger partial charge on any atom is -0.477 e. The molecule has 0 bridgehead atoms. The van der Waals surface area contributed by atoms with Crippen LogP contribution < -0.4 is 21.1 Å². The maximum atomic E-state index is 8.30. The zero-order valence-electron chi connectivity index (χ0n) is 17.9. The number of hydrogen-bond donors (Lipinski definition) is 5. The second-order valence-corrected chi connectivity index (χ2v) is 6.75. The minimum absolute atomic E-state index is 0. The van der Waals surface area contributed by atoms with E-state index in [1.54, 1.807) is 13.1 Å². The highest BCUT2D eigenvalue weighted by Crippen LogP contribution is 2.34. The van der Waals surface area contributed by atoms with Crippen LogP contribution >= 0.6 is 0 Å². The predicted molar refractivity (Wildman–Crippen MR) is 130 cm³/mol. The van der Waals surface area contributed by atoms with E-state index in [0.717, 1.165) is 29.7 Å². The van der Waals surface area contributed by atoms with E-state index in [-0.39, 0.29) is 25.8 Å². The third-order valence-electron chi connectivity index (χ3n) is 4.40. The number of pyridine rings is 2. The van der Waals surface area contributed by atoms with Crippen LogP contribution in [0.1, 0.15) is 47.2 Å². The summed E-state index contributed by atoms with van der Waals surface area (Å²) >= 11 is 0. The summed E-state index contributed by atoms with van der Waals surface area (Å²) in [4.78, 5) is 12.9. The Balaban J connectivity index is 0.00000480. The van der Waals surface area contributed by atoms with Gasteiger partial charge in [-0.2, -0.15) is 0 Å². The van der Waals surface area contributed by atoms with Crippen molar-refractivity contribution in [3.8, 4) is 17.1 Å². The lowest BCUT2D eigenvalue weighted by atomic mass is 10.1. The molecule has 0 amide bonds. The molecule has 0 saturated heterocycles. The van der Waals surface area contributed by atoms with E-state index in [4.69, 9.17) is 26.3 Å². The zero-order valence-corrected chi connectivity index (χ0v) is 17.9. The number of aromatic nitrogens is 2. The van der Waals surface area contributed by atoms with E-state index in [0.29, 0.717) is 29.6 Å². The van der Waals surface area contributed by atoms with Crippen molar-refractivity contribution in [2.75, 3.05) is 23.8 Å². The highest BCUT2D eigenvalue weighted by atomic mass is 16.5. The highest BCUT2D eigenvalue weighted by molar-refractivity contribution is 6.03. The third kappa shape index (κ3) is 6.77. The maximum Gasteiger partial charge on any atom is 0.222 e. The van der Waals surface area contributed by atoms with Crippen LogP contribution in [0.4, 0.5) is 11.4 Å². The first kappa shape index (κ1) is 25.5. The van der Waals surface area contributed by atoms with Gasteiger partial charge in [0.15, 0.2) is 0 Å². The van der Waals surface area contributed by atoms with Crippen molar-refractivity contribution in [3.63, 3.8) is 0 Å². The van der Waals surface area contributed by atoms with Gasteiger partial charge in [-0.3, -0.25) is 5.41 Å². The van der Waals surface area contributed by atoms with Gasteiger partial charge in [0, 0.05) is 12.2 Å². The van der Waals surface area contributed by atoms with Gasteiger partial charge in [0.1, 0.15) is 17.9 Å². The van der Waals surface area contributed by atoms with Gasteiger partial charge < -0.3 is 26.5 Å². The maximum absolute atomic E-state index is 8.30. The van der Waals surface area contributed by atoms with Crippen LogP contribution in [0.15, 0.2) is 29.4 Å². The largest absolute Gasteiger partial charge is 0.477 e. The van der Waals surface area contributed by atoms with Gasteiger partial charge >= 0.3 is 0 Å². The fourth-order valence-corrected chi connectivity index (χ4v) is 2.74. The number of nitrogens with zero attached hydrogens (tertiary/aromatic N) is 3. The molecule has 6 N–H and O–H groups in total. The van der Waals surface area contributed by atoms with E-state index in [1.165, 1.54) is 0 Å². The predicted octanol–water partition coefficient (Wildman–Crippen LogP) is 4.15. The first-order chi connectivity index (χ1) is 14.4. The van der Waals surface area contributed by atoms with Crippen LogP contribution in [0.5, 0.6) is 5.88 Å². The lowest BCUT2D eigenvalue weighted by Crippen LogP contribution is -2.25. The molecule has 0 aliphatic carbocycles. The molecule has 0 aromatic carbocycles. The molecule has 31 heavy (non-hydrogen) atoms. The molecule has 0 fully saturated rings. The van der Waals surface area contributed by atoms with Gasteiger partial charge in [0.25, 0.3) is 0 Å². The highest BCUT2D eigenvalue weighted by Gasteiger charge is 2.19. The number of nitrogens with two attached hydrogens (primary N) is 1. The van der Waals surface area contributed by atoms with E-state index < -0.39 is 0 Å². The Labute approximate surface area is 184 Å². The van der Waals surface area contributed by atoms with Crippen molar-refractivity contribution in [2.45, 2.75) is 47.6 Å². The first-order valence-corrected chi connectivity index (χ1v) is 9.91. The van der Waals surface area contributed by atoms with Crippen molar-refractivity contribution in [1.82, 2.24) is 9.97 Å². The minimum atomic E-state index is 0. The van der Waals surface area contributed by atoms with E-state index in [9.17, 15) is 0 Å². The summed E-state index contributed by atoms with van der Waals surface area (Å²) in [5.74, 6) is 0.766. The molecule has 1 unspecified atom stereocenters. The molecule has 0 spiro atoms. The number of nitrogens with one attached hydrogen (secondary N) is 4. The molecule has 0 radical (unpaired) electrons. The van der Waals surface area contributed by atoms with Gasteiger partial charge in [-0.25, -0.2) is 15.0 Å². The Morgan fingerprint density at radius 2 is 2.13 bits per heavy atom. The van der Waals surface area contributed by atoms with Crippen molar-refractivity contribution in [2.24, 2.45) is 10.7 Å². The van der Waals surface area contributed by atoms with Crippen molar-refractivity contribution in [3.05, 3.63) is 30.1 Å². The molecular weight excluding hydrogens is 392 g/mol. The molecule has 2 heterocycles. The van der Waals surface area contributed by atoms with Crippen molar-refractivity contribution >= 4 is 29.3 Å². The Morgan fingerprint density at radius 1 is 1.39 bits per heavy atom. The van der Waals surface area contributed by atoms with E-state index in [1.807, 2.05) is 25.1 Å². The fraction of sp³-hybridized carbons (Fsp3) is 0.409. The number of ether oxygens (including phenoxy) is 1. The molecule has 1 atom stereocenters. The smallest absolute Gasteiger partial charge is 0.222 e. The molecule has 168 valence electrons. The summed E-state index contributed by atoms with van der Waals surface area (Å²) in [7, 11) is 0. The van der Waals surface area contributed by atoms with E-state index in [2.05, 4.69) is 34.5 Å². The quantitative estimate of drug-likeness (QED) is 0.269. The SMILES string of the molecule is C.CCOc1ncccc1-c1cc(NCC(N)=NC=N)c(NC(C)CC)c(C(C)=N)n1. The molecule has 2 aromatic rings. The van der Waals surface area contributed by atoms with Crippen LogP contribution in [-0.4, -0.2) is 47.0 Å². The number of hydrogen-bond acceptors (Lipinski definition) is 7. The summed E-state index contributed by atoms with van der Waals surface area (Å²) in [5, 5.41) is 22.1. The van der Waals surface area contributed by atoms with Crippen LogP contribution in [0, 0.1) is 10.8 Å². The summed E-state index contributed by atoms with van der Waals surface area (Å²) in [5.41, 5.74) is 9.54. The Morgan fingerprint density at radius 3 is 2.74 bits per heavy atom. The molecule has 0 aliphatic heterocycles. The van der Waals surface area contributed by atoms with Gasteiger partial charge in [-0.05, 0) is 45.4 Å². The summed E-state index contributed by atoms with van der Waals surface area (Å²) in [6, 6.07) is 5.78. The standard InChI is InChI=1S/C21H30N8O.CH4/c1-5-13(3)28-20-17(26-11-18(24)27-12-22)10-16(29-19(20)14(4)23)15-8-7-9-25-21(15)30-6-2;/h7-10,12-13,23,28H,5-6,11H2,1-4H3,(H,26,29)(H3,22,24,27);1H4. The topological polar surface area (TPSA) is 145 Å². The average molecular weight is 427 g/mol. The normalized spacial score (nSPS) is 11.8. The van der Waals surface area contributed by atoms with Crippen molar-refractivity contribution < 1.29 is 4.74 Å². The molecule has 0 saturated carbocycles. The second kappa shape index (κ2) is 12.3. The summed E-state index contributed by atoms with van der Waals surface area (Å²) < 4.78 is 5.67. The lowest BCUT2D eigenvalue weighted by molar-refractivity contribution is 0.328. The van der Waals surface area contributed by atoms with Crippen LogP contribution in [-0.2, 0) is 0 Å². The first-order valence-electron chi connectivity index (χ1n) is 9.91. The number of amidine groups is 1. The Bertz CT molecular complexity index is 926.